The van der Waals surface area contributed by atoms with Gasteiger partial charge in [-0.3, -0.25) is 9.20 Å². The number of nitrogens with one attached hydrogen (secondary N) is 1. The summed E-state index contributed by atoms with van der Waals surface area (Å²) in [4.78, 5) is 12.2. The van der Waals surface area contributed by atoms with Gasteiger partial charge in [0.25, 0.3) is 0 Å². The van der Waals surface area contributed by atoms with E-state index in [4.69, 9.17) is 0 Å². The lowest BCUT2D eigenvalue weighted by Crippen LogP contribution is -2.42. The molecule has 1 saturated carbocycles. The highest BCUT2D eigenvalue weighted by Crippen LogP contribution is 2.41. The summed E-state index contributed by atoms with van der Waals surface area (Å²) in [6.07, 6.45) is -1.12. The molecule has 8 heteroatoms. The van der Waals surface area contributed by atoms with Crippen molar-refractivity contribution >= 4 is 11.6 Å². The van der Waals surface area contributed by atoms with Crippen LogP contribution < -0.4 is 5.32 Å². The van der Waals surface area contributed by atoms with E-state index in [1.165, 1.54) is 0 Å². The maximum Gasteiger partial charge on any atom is 0.392 e. The van der Waals surface area contributed by atoms with E-state index in [9.17, 15) is 18.0 Å². The summed E-state index contributed by atoms with van der Waals surface area (Å²) in [6.45, 7) is 0.0606. The largest absolute Gasteiger partial charge is 0.392 e. The molecule has 0 spiro atoms. The minimum absolute atomic E-state index is 0.0233. The lowest BCUT2D eigenvalue weighted by atomic mass is 9.78. The van der Waals surface area contributed by atoms with Crippen molar-refractivity contribution in [3.63, 3.8) is 0 Å². The predicted octanol–water partition coefficient (Wildman–Crippen LogP) is 2.71. The van der Waals surface area contributed by atoms with E-state index in [0.29, 0.717) is 24.3 Å². The molecule has 1 amide bonds. The van der Waals surface area contributed by atoms with E-state index < -0.39 is 23.9 Å². The monoisotopic (exact) mass is 326 g/mol. The Bertz CT molecular complexity index is 697. The second-order valence-corrected chi connectivity index (χ2v) is 5.80. The maximum absolute atomic E-state index is 13.1. The molecule has 1 N–H and O–H groups in total. The molecule has 1 aliphatic rings. The van der Waals surface area contributed by atoms with Crippen LogP contribution in [-0.4, -0.2) is 26.7 Å². The zero-order valence-electron chi connectivity index (χ0n) is 12.4. The molecular formula is C15H17F3N4O. The number of nitrogens with zero attached hydrogens (tertiary/aromatic N) is 3. The highest BCUT2D eigenvalue weighted by atomic mass is 19.4. The van der Waals surface area contributed by atoms with Crippen LogP contribution in [0.15, 0.2) is 24.4 Å². The number of hydrogen-bond donors (Lipinski definition) is 1. The van der Waals surface area contributed by atoms with E-state index in [1.807, 2.05) is 6.07 Å². The Morgan fingerprint density at radius 2 is 2.04 bits per heavy atom. The van der Waals surface area contributed by atoms with Crippen molar-refractivity contribution in [1.82, 2.24) is 19.9 Å². The molecule has 23 heavy (non-hydrogen) atoms. The normalized spacial score (nSPS) is 22.2. The van der Waals surface area contributed by atoms with Gasteiger partial charge in [0.15, 0.2) is 11.5 Å². The fourth-order valence-corrected chi connectivity index (χ4v) is 3.15. The Labute approximate surface area is 130 Å². The average Bonchev–Trinajstić information content (AvgIpc) is 2.95. The molecule has 0 saturated heterocycles. The van der Waals surface area contributed by atoms with Crippen LogP contribution in [0.2, 0.25) is 0 Å². The number of fused-ring (bicyclic) bond motifs is 1. The summed E-state index contributed by atoms with van der Waals surface area (Å²) in [5, 5.41) is 10.5. The van der Waals surface area contributed by atoms with Crippen LogP contribution in [0, 0.1) is 11.8 Å². The van der Waals surface area contributed by atoms with Crippen molar-refractivity contribution in [1.29, 1.82) is 0 Å². The van der Waals surface area contributed by atoms with Gasteiger partial charge in [-0.2, -0.15) is 13.2 Å². The van der Waals surface area contributed by atoms with Crippen LogP contribution in [0.1, 0.15) is 31.5 Å². The molecule has 2 aromatic rings. The molecule has 2 atom stereocenters. The standard InChI is InChI=1S/C15H17F3N4O/c16-15(17,18)11-6-2-1-5-10(11)14(23)19-9-13-21-20-12-7-3-4-8-22(12)13/h3-4,7-8,10-11H,1-2,5-6,9H2,(H,19,23). The lowest BCUT2D eigenvalue weighted by Gasteiger charge is -2.31. The Kier molecular flexibility index (Phi) is 4.23. The van der Waals surface area contributed by atoms with E-state index in [2.05, 4.69) is 15.5 Å². The SMILES string of the molecule is O=C(NCc1nnc2ccccn12)C1CCCCC1C(F)(F)F. The fraction of sp³-hybridized carbons (Fsp3) is 0.533. The van der Waals surface area contributed by atoms with Gasteiger partial charge in [-0.25, -0.2) is 0 Å². The number of alkyl halides is 3. The highest BCUT2D eigenvalue weighted by Gasteiger charge is 2.47. The fourth-order valence-electron chi connectivity index (χ4n) is 3.15. The van der Waals surface area contributed by atoms with Gasteiger partial charge >= 0.3 is 6.18 Å². The summed E-state index contributed by atoms with van der Waals surface area (Å²) in [5.41, 5.74) is 0.627. The number of hydrogen-bond acceptors (Lipinski definition) is 3. The van der Waals surface area contributed by atoms with Gasteiger partial charge in [0.2, 0.25) is 5.91 Å². The number of carbonyl (C=O) groups is 1. The molecule has 2 heterocycles. The molecule has 0 aromatic carbocycles. The zero-order valence-corrected chi connectivity index (χ0v) is 12.4. The van der Waals surface area contributed by atoms with E-state index in [0.717, 1.165) is 0 Å². The molecule has 124 valence electrons. The van der Waals surface area contributed by atoms with Gasteiger partial charge in [-0.15, -0.1) is 10.2 Å². The van der Waals surface area contributed by atoms with Crippen LogP contribution in [-0.2, 0) is 11.3 Å². The first-order valence-corrected chi connectivity index (χ1v) is 7.60. The molecule has 2 aromatic heterocycles. The second-order valence-electron chi connectivity index (χ2n) is 5.80. The van der Waals surface area contributed by atoms with E-state index in [-0.39, 0.29) is 19.4 Å². The number of aromatic nitrogens is 3. The summed E-state index contributed by atoms with van der Waals surface area (Å²) in [7, 11) is 0. The van der Waals surface area contributed by atoms with Crippen LogP contribution in [0.5, 0.6) is 0 Å². The number of amides is 1. The molecule has 3 rings (SSSR count). The van der Waals surface area contributed by atoms with Crippen LogP contribution in [0.4, 0.5) is 13.2 Å². The van der Waals surface area contributed by atoms with Crippen LogP contribution in [0.25, 0.3) is 5.65 Å². The summed E-state index contributed by atoms with van der Waals surface area (Å²) in [6, 6.07) is 5.37. The zero-order chi connectivity index (χ0) is 16.4. The van der Waals surface area contributed by atoms with E-state index in [1.54, 1.807) is 22.7 Å². The Hall–Kier alpha value is -2.12. The topological polar surface area (TPSA) is 59.3 Å². The molecular weight excluding hydrogens is 309 g/mol. The van der Waals surface area contributed by atoms with Crippen molar-refractivity contribution in [3.05, 3.63) is 30.2 Å². The van der Waals surface area contributed by atoms with Crippen LogP contribution in [0.3, 0.4) is 0 Å². The Morgan fingerprint density at radius 3 is 2.83 bits per heavy atom. The van der Waals surface area contributed by atoms with Gasteiger partial charge in [0.1, 0.15) is 0 Å². The van der Waals surface area contributed by atoms with Crippen molar-refractivity contribution in [2.24, 2.45) is 11.8 Å². The quantitative estimate of drug-likeness (QED) is 0.943. The highest BCUT2D eigenvalue weighted by molar-refractivity contribution is 5.79. The molecule has 0 aliphatic heterocycles. The third-order valence-electron chi connectivity index (χ3n) is 4.33. The number of rotatable bonds is 3. The first-order chi connectivity index (χ1) is 11.0. The van der Waals surface area contributed by atoms with Gasteiger partial charge in [0, 0.05) is 12.1 Å². The van der Waals surface area contributed by atoms with Crippen molar-refractivity contribution < 1.29 is 18.0 Å². The number of pyridine rings is 1. The predicted molar refractivity (Wildman–Crippen MR) is 76.3 cm³/mol. The van der Waals surface area contributed by atoms with Crippen LogP contribution >= 0.6 is 0 Å². The smallest absolute Gasteiger partial charge is 0.349 e. The molecule has 5 nitrogen and oxygen atoms in total. The minimum atomic E-state index is -4.33. The Balaban J connectivity index is 1.68. The molecule has 1 fully saturated rings. The van der Waals surface area contributed by atoms with Gasteiger partial charge < -0.3 is 5.32 Å². The first kappa shape index (κ1) is 15.8. The molecule has 2 unspecified atom stereocenters. The third-order valence-corrected chi connectivity index (χ3v) is 4.33. The van der Waals surface area contributed by atoms with E-state index >= 15 is 0 Å². The molecule has 0 bridgehead atoms. The second kappa shape index (κ2) is 6.17. The Morgan fingerprint density at radius 1 is 1.26 bits per heavy atom. The van der Waals surface area contributed by atoms with Crippen molar-refractivity contribution in [3.8, 4) is 0 Å². The first-order valence-electron chi connectivity index (χ1n) is 7.60. The number of halogens is 3. The maximum atomic E-state index is 13.1. The molecule has 1 aliphatic carbocycles. The van der Waals surface area contributed by atoms with Gasteiger partial charge in [-0.05, 0) is 25.0 Å². The third kappa shape index (κ3) is 3.30. The molecule has 0 radical (unpaired) electrons. The number of carbonyl (C=O) groups excluding carboxylic acids is 1. The summed E-state index contributed by atoms with van der Waals surface area (Å²) < 4.78 is 40.9. The minimum Gasteiger partial charge on any atom is -0.349 e. The summed E-state index contributed by atoms with van der Waals surface area (Å²) >= 11 is 0. The van der Waals surface area contributed by atoms with Gasteiger partial charge in [-0.1, -0.05) is 18.9 Å². The summed E-state index contributed by atoms with van der Waals surface area (Å²) in [5.74, 6) is -2.62. The van der Waals surface area contributed by atoms with Crippen molar-refractivity contribution in [2.75, 3.05) is 0 Å². The van der Waals surface area contributed by atoms with Gasteiger partial charge in [0.05, 0.1) is 12.5 Å². The average molecular weight is 326 g/mol. The van der Waals surface area contributed by atoms with Crippen molar-refractivity contribution in [2.45, 2.75) is 38.4 Å². The lowest BCUT2D eigenvalue weighted by molar-refractivity contribution is -0.198.